The van der Waals surface area contributed by atoms with Crippen LogP contribution in [0, 0.1) is 13.5 Å². The summed E-state index contributed by atoms with van der Waals surface area (Å²) in [5.41, 5.74) is 1.82. The minimum absolute atomic E-state index is 0. The molecule has 1 heterocycles. The van der Waals surface area contributed by atoms with Gasteiger partial charge in [0.25, 0.3) is 0 Å². The minimum Gasteiger partial charge on any atom is -0.424 e. The van der Waals surface area contributed by atoms with E-state index in [1.54, 1.807) is 6.07 Å². The van der Waals surface area contributed by atoms with E-state index in [4.69, 9.17) is 9.68 Å². The average Bonchev–Trinajstić information content (AvgIpc) is 2.34. The summed E-state index contributed by atoms with van der Waals surface area (Å²) in [6, 6.07) is 8.52. The predicted octanol–water partition coefficient (Wildman–Crippen LogP) is 0.152. The molecule has 0 spiro atoms. The summed E-state index contributed by atoms with van der Waals surface area (Å²) >= 11 is 0. The van der Waals surface area contributed by atoms with Gasteiger partial charge >= 0.3 is 7.12 Å². The molecule has 0 fully saturated rings. The number of benzene rings is 1. The maximum atomic E-state index is 9.13. The Labute approximate surface area is 98.3 Å². The van der Waals surface area contributed by atoms with E-state index in [1.165, 1.54) is 0 Å². The van der Waals surface area contributed by atoms with Crippen LogP contribution in [0.5, 0.6) is 0 Å². The average molecular weight is 237 g/mol. The van der Waals surface area contributed by atoms with Crippen molar-refractivity contribution in [1.82, 2.24) is 0 Å². The first-order valence-corrected chi connectivity index (χ1v) is 3.17. The van der Waals surface area contributed by atoms with Crippen LogP contribution in [0.2, 0.25) is 0 Å². The molecule has 0 aromatic heterocycles. The van der Waals surface area contributed by atoms with Gasteiger partial charge in [-0.05, 0) is 0 Å². The van der Waals surface area contributed by atoms with Crippen molar-refractivity contribution >= 4 is 12.6 Å². The Hall–Kier alpha value is 0.309. The maximum absolute atomic E-state index is 9.13. The second-order valence-electron chi connectivity index (χ2n) is 2.27. The third-order valence-electron chi connectivity index (χ3n) is 1.62. The van der Waals surface area contributed by atoms with Gasteiger partial charge in [0.2, 0.25) is 0 Å². The van der Waals surface area contributed by atoms with Gasteiger partial charge in [0.15, 0.2) is 0 Å². The van der Waals surface area contributed by atoms with Gasteiger partial charge in [-0.3, -0.25) is 0 Å². The van der Waals surface area contributed by atoms with Crippen molar-refractivity contribution in [3.8, 4) is 0 Å². The van der Waals surface area contributed by atoms with E-state index in [0.717, 1.165) is 11.0 Å². The standard InChI is InChI=1S/C7H6BO2.CH3.Y/c9-8-7-4-2-1-3-6(7)5-10-8;;/h1-3,9H,5H2;1H3;/q2*-1;. The van der Waals surface area contributed by atoms with Gasteiger partial charge in [-0.2, -0.15) is 24.3 Å². The van der Waals surface area contributed by atoms with Crippen molar-refractivity contribution in [2.75, 3.05) is 0 Å². The maximum Gasteiger partial charge on any atom is 0.464 e. The van der Waals surface area contributed by atoms with Gasteiger partial charge in [-0.1, -0.05) is 0 Å². The van der Waals surface area contributed by atoms with Crippen LogP contribution in [-0.4, -0.2) is 12.1 Å². The third-order valence-corrected chi connectivity index (χ3v) is 1.62. The molecule has 1 aliphatic rings. The van der Waals surface area contributed by atoms with E-state index in [1.807, 2.05) is 12.1 Å². The molecule has 1 N–H and O–H groups in total. The predicted molar refractivity (Wildman–Crippen MR) is 44.1 cm³/mol. The van der Waals surface area contributed by atoms with Crippen LogP contribution in [0.4, 0.5) is 0 Å². The quantitative estimate of drug-likeness (QED) is 0.514. The Bertz CT molecular complexity index is 255. The minimum atomic E-state index is -0.754. The second-order valence-corrected chi connectivity index (χ2v) is 2.27. The summed E-state index contributed by atoms with van der Waals surface area (Å²) < 4.78 is 4.95. The Morgan fingerprint density at radius 2 is 2.33 bits per heavy atom. The van der Waals surface area contributed by atoms with E-state index >= 15 is 0 Å². The Morgan fingerprint density at radius 3 is 3.00 bits per heavy atom. The number of rotatable bonds is 0. The molecule has 2 rings (SSSR count). The SMILES string of the molecule is OB1OCc2ccc[c-]c21.[CH3-].[Y]. The zero-order chi connectivity index (χ0) is 6.97. The fourth-order valence-electron chi connectivity index (χ4n) is 1.09. The van der Waals surface area contributed by atoms with Crippen LogP contribution < -0.4 is 5.46 Å². The van der Waals surface area contributed by atoms with Crippen LogP contribution in [0.25, 0.3) is 0 Å². The summed E-state index contributed by atoms with van der Waals surface area (Å²) in [7, 11) is -0.754. The molecular formula is C8H9BO2Y-2. The first-order valence-electron chi connectivity index (χ1n) is 3.17. The summed E-state index contributed by atoms with van der Waals surface area (Å²) in [6.07, 6.45) is 0. The zero-order valence-corrected chi connectivity index (χ0v) is 9.79. The monoisotopic (exact) mass is 237 g/mol. The van der Waals surface area contributed by atoms with Gasteiger partial charge in [-0.15, -0.1) is 11.0 Å². The summed E-state index contributed by atoms with van der Waals surface area (Å²) in [6.45, 7) is 0.508. The van der Waals surface area contributed by atoms with Gasteiger partial charge in [0.05, 0.1) is 0 Å². The summed E-state index contributed by atoms with van der Waals surface area (Å²) in [5.74, 6) is 0. The van der Waals surface area contributed by atoms with Crippen molar-refractivity contribution < 1.29 is 42.4 Å². The third kappa shape index (κ3) is 2.17. The molecule has 0 saturated carbocycles. The van der Waals surface area contributed by atoms with E-state index < -0.39 is 7.12 Å². The van der Waals surface area contributed by atoms with Crippen molar-refractivity contribution in [2.45, 2.75) is 6.61 Å². The van der Waals surface area contributed by atoms with Crippen LogP contribution in [-0.2, 0) is 44.0 Å². The largest absolute Gasteiger partial charge is 0.464 e. The van der Waals surface area contributed by atoms with Crippen molar-refractivity contribution in [2.24, 2.45) is 0 Å². The Morgan fingerprint density at radius 1 is 1.58 bits per heavy atom. The molecule has 4 heteroatoms. The molecule has 0 atom stereocenters. The molecule has 1 aliphatic heterocycles. The van der Waals surface area contributed by atoms with Crippen molar-refractivity contribution in [3.05, 3.63) is 37.3 Å². The van der Waals surface area contributed by atoms with Gasteiger partial charge in [0, 0.05) is 39.3 Å². The first kappa shape index (κ1) is 12.3. The van der Waals surface area contributed by atoms with Gasteiger partial charge in [-0.25, -0.2) is 0 Å². The number of fused-ring (bicyclic) bond motifs is 1. The van der Waals surface area contributed by atoms with Crippen LogP contribution in [0.1, 0.15) is 5.56 Å². The molecule has 1 aromatic rings. The van der Waals surface area contributed by atoms with Crippen molar-refractivity contribution in [1.29, 1.82) is 0 Å². The van der Waals surface area contributed by atoms with Crippen LogP contribution in [0.15, 0.2) is 18.2 Å². The van der Waals surface area contributed by atoms with Crippen molar-refractivity contribution in [3.63, 3.8) is 0 Å². The number of hydrogen-bond donors (Lipinski definition) is 1. The summed E-state index contributed by atoms with van der Waals surface area (Å²) in [5, 5.41) is 9.13. The smallest absolute Gasteiger partial charge is 0.424 e. The van der Waals surface area contributed by atoms with E-state index in [-0.39, 0.29) is 40.1 Å². The molecule has 0 bridgehead atoms. The molecule has 61 valence electrons. The van der Waals surface area contributed by atoms with Gasteiger partial charge in [0.1, 0.15) is 0 Å². The second kappa shape index (κ2) is 5.13. The molecule has 1 aromatic carbocycles. The molecule has 1 radical (unpaired) electrons. The molecule has 0 unspecified atom stereocenters. The fourth-order valence-corrected chi connectivity index (χ4v) is 1.09. The molecule has 0 saturated heterocycles. The van der Waals surface area contributed by atoms with Crippen LogP contribution in [0.3, 0.4) is 0 Å². The Kier molecular flexibility index (Phi) is 5.26. The zero-order valence-electron chi connectivity index (χ0n) is 6.95. The van der Waals surface area contributed by atoms with Gasteiger partial charge < -0.3 is 17.1 Å². The molecule has 12 heavy (non-hydrogen) atoms. The molecule has 0 aliphatic carbocycles. The topological polar surface area (TPSA) is 29.5 Å². The normalized spacial score (nSPS) is 12.9. The number of hydrogen-bond acceptors (Lipinski definition) is 2. The van der Waals surface area contributed by atoms with E-state index in [0.29, 0.717) is 6.61 Å². The fraction of sp³-hybridized carbons (Fsp3) is 0.125. The van der Waals surface area contributed by atoms with E-state index in [2.05, 4.69) is 6.07 Å². The molecule has 0 amide bonds. The Balaban J connectivity index is 0.000000605. The van der Waals surface area contributed by atoms with E-state index in [9.17, 15) is 0 Å². The summed E-state index contributed by atoms with van der Waals surface area (Å²) in [4.78, 5) is 0. The molecule has 2 nitrogen and oxygen atoms in total. The molecular weight excluding hydrogens is 228 g/mol. The first-order chi connectivity index (χ1) is 4.88. The van der Waals surface area contributed by atoms with Crippen LogP contribution >= 0.6 is 0 Å².